The fourth-order valence-corrected chi connectivity index (χ4v) is 1.92. The molecule has 0 aliphatic heterocycles. The van der Waals surface area contributed by atoms with Crippen LogP contribution in [0.2, 0.25) is 0 Å². The molecule has 0 bridgehead atoms. The molecule has 0 unspecified atom stereocenters. The van der Waals surface area contributed by atoms with Gasteiger partial charge in [-0.3, -0.25) is 0 Å². The molecule has 1 heterocycles. The van der Waals surface area contributed by atoms with E-state index in [1.807, 2.05) is 6.07 Å². The SMILES string of the molecule is CCN(CC)CCc1nc(-c2ccccc2O)no1. The molecule has 1 aromatic carbocycles. The molecule has 102 valence electrons. The Kier molecular flexibility index (Phi) is 4.52. The van der Waals surface area contributed by atoms with Crippen molar-refractivity contribution in [2.75, 3.05) is 19.6 Å². The first-order valence-corrected chi connectivity index (χ1v) is 6.57. The van der Waals surface area contributed by atoms with Gasteiger partial charge in [0.1, 0.15) is 5.75 Å². The summed E-state index contributed by atoms with van der Waals surface area (Å²) in [6.45, 7) is 7.18. The number of rotatable bonds is 6. The number of nitrogens with zero attached hydrogens (tertiary/aromatic N) is 3. The number of para-hydroxylation sites is 1. The van der Waals surface area contributed by atoms with Gasteiger partial charge in [-0.25, -0.2) is 0 Å². The van der Waals surface area contributed by atoms with Crippen LogP contribution in [0.3, 0.4) is 0 Å². The molecular weight excluding hydrogens is 242 g/mol. The van der Waals surface area contributed by atoms with Gasteiger partial charge in [-0.15, -0.1) is 0 Å². The van der Waals surface area contributed by atoms with E-state index in [9.17, 15) is 5.11 Å². The maximum atomic E-state index is 9.74. The first-order chi connectivity index (χ1) is 9.24. The second-order valence-electron chi connectivity index (χ2n) is 4.31. The lowest BCUT2D eigenvalue weighted by molar-refractivity contribution is 0.287. The smallest absolute Gasteiger partial charge is 0.228 e. The van der Waals surface area contributed by atoms with E-state index < -0.39 is 0 Å². The Hall–Kier alpha value is -1.88. The van der Waals surface area contributed by atoms with Gasteiger partial charge in [-0.1, -0.05) is 31.1 Å². The molecule has 0 saturated carbocycles. The van der Waals surface area contributed by atoms with Crippen LogP contribution in [0, 0.1) is 0 Å². The first-order valence-electron chi connectivity index (χ1n) is 6.57. The third-order valence-corrected chi connectivity index (χ3v) is 3.15. The fraction of sp³-hybridized carbons (Fsp3) is 0.429. The Balaban J connectivity index is 2.05. The van der Waals surface area contributed by atoms with E-state index in [1.54, 1.807) is 18.2 Å². The second kappa shape index (κ2) is 6.33. The molecule has 0 radical (unpaired) electrons. The summed E-state index contributed by atoms with van der Waals surface area (Å²) in [5.41, 5.74) is 0.598. The van der Waals surface area contributed by atoms with Crippen molar-refractivity contribution in [2.24, 2.45) is 0 Å². The summed E-state index contributed by atoms with van der Waals surface area (Å²) >= 11 is 0. The van der Waals surface area contributed by atoms with Gasteiger partial charge in [0, 0.05) is 13.0 Å². The Bertz CT molecular complexity index is 521. The van der Waals surface area contributed by atoms with Gasteiger partial charge in [0.05, 0.1) is 5.56 Å². The minimum Gasteiger partial charge on any atom is -0.507 e. The van der Waals surface area contributed by atoms with Crippen LogP contribution >= 0.6 is 0 Å². The minimum atomic E-state index is 0.165. The van der Waals surface area contributed by atoms with E-state index in [-0.39, 0.29) is 5.75 Å². The van der Waals surface area contributed by atoms with E-state index in [4.69, 9.17) is 4.52 Å². The van der Waals surface area contributed by atoms with Crippen molar-refractivity contribution in [1.29, 1.82) is 0 Å². The van der Waals surface area contributed by atoms with Gasteiger partial charge in [0.25, 0.3) is 0 Å². The van der Waals surface area contributed by atoms with Crippen LogP contribution in [-0.2, 0) is 6.42 Å². The van der Waals surface area contributed by atoms with Crippen LogP contribution in [0.4, 0.5) is 0 Å². The molecular formula is C14H19N3O2. The van der Waals surface area contributed by atoms with Crippen LogP contribution in [0.1, 0.15) is 19.7 Å². The molecule has 0 atom stereocenters. The van der Waals surface area contributed by atoms with Crippen LogP contribution < -0.4 is 0 Å². The predicted molar refractivity (Wildman–Crippen MR) is 72.9 cm³/mol. The summed E-state index contributed by atoms with van der Waals surface area (Å²) in [6, 6.07) is 6.98. The number of aromatic nitrogens is 2. The maximum absolute atomic E-state index is 9.74. The molecule has 1 aromatic heterocycles. The Morgan fingerprint density at radius 3 is 2.63 bits per heavy atom. The quantitative estimate of drug-likeness (QED) is 0.864. The molecule has 19 heavy (non-hydrogen) atoms. The number of aromatic hydroxyl groups is 1. The minimum absolute atomic E-state index is 0.165. The zero-order valence-corrected chi connectivity index (χ0v) is 11.3. The Labute approximate surface area is 112 Å². The van der Waals surface area contributed by atoms with E-state index in [2.05, 4.69) is 28.9 Å². The normalized spacial score (nSPS) is 11.1. The summed E-state index contributed by atoms with van der Waals surface area (Å²) in [7, 11) is 0. The van der Waals surface area contributed by atoms with Crippen molar-refractivity contribution < 1.29 is 9.63 Å². The zero-order chi connectivity index (χ0) is 13.7. The fourth-order valence-electron chi connectivity index (χ4n) is 1.92. The van der Waals surface area contributed by atoms with Gasteiger partial charge in [0.15, 0.2) is 0 Å². The molecule has 5 heteroatoms. The molecule has 0 aliphatic rings. The molecule has 0 fully saturated rings. The standard InChI is InChI=1S/C14H19N3O2/c1-3-17(4-2)10-9-13-15-14(16-19-13)11-7-5-6-8-12(11)18/h5-8,18H,3-4,9-10H2,1-2H3. The van der Waals surface area contributed by atoms with Crippen LogP contribution in [0.5, 0.6) is 5.75 Å². The summed E-state index contributed by atoms with van der Waals surface area (Å²) in [4.78, 5) is 6.61. The molecule has 5 nitrogen and oxygen atoms in total. The number of hydrogen-bond acceptors (Lipinski definition) is 5. The molecule has 2 aromatic rings. The third-order valence-electron chi connectivity index (χ3n) is 3.15. The van der Waals surface area contributed by atoms with Gasteiger partial charge >= 0.3 is 0 Å². The van der Waals surface area contributed by atoms with E-state index in [0.29, 0.717) is 17.3 Å². The summed E-state index contributed by atoms with van der Waals surface area (Å²) < 4.78 is 5.21. The first kappa shape index (κ1) is 13.5. The second-order valence-corrected chi connectivity index (χ2v) is 4.31. The van der Waals surface area contributed by atoms with Crippen LogP contribution in [0.15, 0.2) is 28.8 Å². The van der Waals surface area contributed by atoms with Gasteiger partial charge in [-0.2, -0.15) is 4.98 Å². The van der Waals surface area contributed by atoms with Crippen molar-refractivity contribution in [3.05, 3.63) is 30.2 Å². The summed E-state index contributed by atoms with van der Waals surface area (Å²) in [6.07, 6.45) is 0.724. The van der Waals surface area contributed by atoms with E-state index in [1.165, 1.54) is 0 Å². The molecule has 0 aliphatic carbocycles. The molecule has 0 saturated heterocycles. The Morgan fingerprint density at radius 1 is 1.21 bits per heavy atom. The lowest BCUT2D eigenvalue weighted by Crippen LogP contribution is -2.25. The van der Waals surface area contributed by atoms with Crippen molar-refractivity contribution in [2.45, 2.75) is 20.3 Å². The van der Waals surface area contributed by atoms with Crippen molar-refractivity contribution >= 4 is 0 Å². The van der Waals surface area contributed by atoms with E-state index >= 15 is 0 Å². The average Bonchev–Trinajstić information content (AvgIpc) is 2.89. The summed E-state index contributed by atoms with van der Waals surface area (Å²) in [5, 5.41) is 13.6. The van der Waals surface area contributed by atoms with Crippen LogP contribution in [0.25, 0.3) is 11.4 Å². The van der Waals surface area contributed by atoms with Gasteiger partial charge in [-0.05, 0) is 25.2 Å². The third kappa shape index (κ3) is 3.32. The highest BCUT2D eigenvalue weighted by molar-refractivity contribution is 5.62. The average molecular weight is 261 g/mol. The zero-order valence-electron chi connectivity index (χ0n) is 11.3. The molecule has 0 amide bonds. The van der Waals surface area contributed by atoms with Gasteiger partial charge in [0.2, 0.25) is 11.7 Å². The number of phenols is 1. The van der Waals surface area contributed by atoms with Gasteiger partial charge < -0.3 is 14.5 Å². The molecule has 0 spiro atoms. The molecule has 1 N–H and O–H groups in total. The largest absolute Gasteiger partial charge is 0.507 e. The highest BCUT2D eigenvalue weighted by atomic mass is 16.5. The highest BCUT2D eigenvalue weighted by Gasteiger charge is 2.12. The lowest BCUT2D eigenvalue weighted by Gasteiger charge is -2.15. The van der Waals surface area contributed by atoms with Crippen molar-refractivity contribution in [3.63, 3.8) is 0 Å². The molecule has 2 rings (SSSR count). The predicted octanol–water partition coefficient (Wildman–Crippen LogP) is 2.33. The summed E-state index contributed by atoms with van der Waals surface area (Å²) in [5.74, 6) is 1.20. The number of benzene rings is 1. The number of likely N-dealkylation sites (N-methyl/N-ethyl adjacent to an activating group) is 1. The lowest BCUT2D eigenvalue weighted by atomic mass is 10.2. The highest BCUT2D eigenvalue weighted by Crippen LogP contribution is 2.25. The monoisotopic (exact) mass is 261 g/mol. The Morgan fingerprint density at radius 2 is 1.95 bits per heavy atom. The number of hydrogen-bond donors (Lipinski definition) is 1. The van der Waals surface area contributed by atoms with E-state index in [0.717, 1.165) is 26.1 Å². The maximum Gasteiger partial charge on any atom is 0.228 e. The van der Waals surface area contributed by atoms with Crippen molar-refractivity contribution in [3.8, 4) is 17.1 Å². The van der Waals surface area contributed by atoms with Crippen LogP contribution in [-0.4, -0.2) is 39.8 Å². The number of phenolic OH excluding ortho intramolecular Hbond substituents is 1. The van der Waals surface area contributed by atoms with Crippen molar-refractivity contribution in [1.82, 2.24) is 15.0 Å². The topological polar surface area (TPSA) is 62.4 Å².